The van der Waals surface area contributed by atoms with E-state index in [4.69, 9.17) is 5.11 Å². The SMILES string of the molecule is O=S(CCO)Nc1ccc(-c2cn(-c3ccc(F)c(N4CCCCC4)n3)nn2)c(N2CCC3(CC2)CC3)c1. The zero-order valence-electron chi connectivity index (χ0n) is 21.5. The smallest absolute Gasteiger partial charge is 0.167 e. The van der Waals surface area contributed by atoms with Crippen LogP contribution in [-0.4, -0.2) is 67.8 Å². The van der Waals surface area contributed by atoms with E-state index in [0.29, 0.717) is 22.7 Å². The van der Waals surface area contributed by atoms with Gasteiger partial charge in [0.25, 0.3) is 0 Å². The predicted molar refractivity (Wildman–Crippen MR) is 147 cm³/mol. The minimum absolute atomic E-state index is 0.140. The fourth-order valence-electron chi connectivity index (χ4n) is 5.61. The Morgan fingerprint density at radius 1 is 1.00 bits per heavy atom. The number of rotatable bonds is 8. The molecular weight excluding hydrogens is 505 g/mol. The number of hydrogen-bond acceptors (Lipinski definition) is 7. The zero-order valence-corrected chi connectivity index (χ0v) is 22.3. The molecule has 1 atom stereocenters. The van der Waals surface area contributed by atoms with E-state index >= 15 is 0 Å². The summed E-state index contributed by atoms with van der Waals surface area (Å²) in [5.41, 5.74) is 3.92. The predicted octanol–water partition coefficient (Wildman–Crippen LogP) is 3.91. The lowest BCUT2D eigenvalue weighted by molar-refractivity contribution is 0.321. The standard InChI is InChI=1S/C27H34FN7O2S/c28-22-6-7-25(29-26(22)34-12-2-1-3-13-34)35-19-23(30-32-35)21-5-4-20(31-38(37)17-16-36)18-24(21)33-14-10-27(8-9-27)11-15-33/h4-7,18-19,31,36H,1-3,8-17H2. The molecule has 9 nitrogen and oxygen atoms in total. The molecule has 1 unspecified atom stereocenters. The number of anilines is 3. The quantitative estimate of drug-likeness (QED) is 0.448. The van der Waals surface area contributed by atoms with Gasteiger partial charge < -0.3 is 19.6 Å². The van der Waals surface area contributed by atoms with Crippen molar-refractivity contribution in [3.8, 4) is 17.1 Å². The summed E-state index contributed by atoms with van der Waals surface area (Å²) in [4.78, 5) is 8.99. The Bertz CT molecular complexity index is 1310. The third kappa shape index (κ3) is 5.26. The van der Waals surface area contributed by atoms with Gasteiger partial charge in [-0.05, 0) is 80.7 Å². The number of pyridine rings is 1. The molecule has 0 bridgehead atoms. The molecule has 2 saturated heterocycles. The molecule has 11 heteroatoms. The first-order chi connectivity index (χ1) is 18.5. The van der Waals surface area contributed by atoms with E-state index in [-0.39, 0.29) is 18.2 Å². The minimum atomic E-state index is -1.36. The summed E-state index contributed by atoms with van der Waals surface area (Å²) in [5.74, 6) is 0.743. The van der Waals surface area contributed by atoms with E-state index in [1.54, 1.807) is 10.7 Å². The van der Waals surface area contributed by atoms with E-state index in [9.17, 15) is 8.60 Å². The van der Waals surface area contributed by atoms with Crippen molar-refractivity contribution < 1.29 is 13.7 Å². The van der Waals surface area contributed by atoms with Crippen molar-refractivity contribution in [3.05, 3.63) is 42.3 Å². The van der Waals surface area contributed by atoms with Gasteiger partial charge in [0, 0.05) is 43.1 Å². The van der Waals surface area contributed by atoms with Crippen LogP contribution in [-0.2, 0) is 11.0 Å². The van der Waals surface area contributed by atoms with Crippen LogP contribution in [0.2, 0.25) is 0 Å². The Morgan fingerprint density at radius 2 is 1.79 bits per heavy atom. The van der Waals surface area contributed by atoms with Crippen molar-refractivity contribution in [2.24, 2.45) is 5.41 Å². The van der Waals surface area contributed by atoms with Crippen LogP contribution in [0.5, 0.6) is 0 Å². The summed E-state index contributed by atoms with van der Waals surface area (Å²) in [6.45, 7) is 3.39. The number of aliphatic hydroxyl groups is 1. The molecule has 0 amide bonds. The Hall–Kier alpha value is -3.05. The molecule has 38 heavy (non-hydrogen) atoms. The molecule has 2 N–H and O–H groups in total. The topological polar surface area (TPSA) is 99.4 Å². The van der Waals surface area contributed by atoms with Crippen LogP contribution in [0.15, 0.2) is 36.5 Å². The second kappa shape index (κ2) is 10.6. The van der Waals surface area contributed by atoms with Gasteiger partial charge in [-0.15, -0.1) is 5.10 Å². The van der Waals surface area contributed by atoms with Gasteiger partial charge in [-0.2, -0.15) is 0 Å². The largest absolute Gasteiger partial charge is 0.395 e. The van der Waals surface area contributed by atoms with Crippen molar-refractivity contribution >= 4 is 28.2 Å². The first-order valence-electron chi connectivity index (χ1n) is 13.5. The monoisotopic (exact) mass is 539 g/mol. The third-order valence-electron chi connectivity index (χ3n) is 8.10. The van der Waals surface area contributed by atoms with E-state index in [0.717, 1.165) is 62.4 Å². The van der Waals surface area contributed by atoms with Crippen molar-refractivity contribution in [1.29, 1.82) is 0 Å². The van der Waals surface area contributed by atoms with Gasteiger partial charge in [0.2, 0.25) is 0 Å². The van der Waals surface area contributed by atoms with Crippen LogP contribution < -0.4 is 14.5 Å². The van der Waals surface area contributed by atoms with Crippen molar-refractivity contribution in [1.82, 2.24) is 20.0 Å². The van der Waals surface area contributed by atoms with Gasteiger partial charge >= 0.3 is 0 Å². The second-order valence-electron chi connectivity index (χ2n) is 10.7. The lowest BCUT2D eigenvalue weighted by Crippen LogP contribution is -2.34. The van der Waals surface area contributed by atoms with Gasteiger partial charge in [0.1, 0.15) is 16.7 Å². The number of nitrogens with one attached hydrogen (secondary N) is 1. The van der Waals surface area contributed by atoms with Gasteiger partial charge in [-0.1, -0.05) is 5.21 Å². The van der Waals surface area contributed by atoms with Crippen molar-refractivity contribution in [2.75, 3.05) is 53.1 Å². The maximum Gasteiger partial charge on any atom is 0.167 e. The highest BCUT2D eigenvalue weighted by atomic mass is 32.2. The fourth-order valence-corrected chi connectivity index (χ4v) is 6.27. The van der Waals surface area contributed by atoms with E-state index in [2.05, 4.69) is 24.9 Å². The lowest BCUT2D eigenvalue weighted by atomic mass is 9.93. The molecule has 3 aromatic rings. The van der Waals surface area contributed by atoms with Gasteiger partial charge in [0.15, 0.2) is 17.5 Å². The molecule has 6 rings (SSSR count). The molecule has 0 radical (unpaired) electrons. The van der Waals surface area contributed by atoms with E-state index in [1.165, 1.54) is 31.7 Å². The number of nitrogens with zero attached hydrogens (tertiary/aromatic N) is 6. The third-order valence-corrected chi connectivity index (χ3v) is 9.12. The Morgan fingerprint density at radius 3 is 2.53 bits per heavy atom. The number of aromatic nitrogens is 4. The normalized spacial score (nSPS) is 19.5. The number of piperidine rings is 2. The molecule has 2 aromatic heterocycles. The Labute approximate surface area is 224 Å². The second-order valence-corrected chi connectivity index (χ2v) is 12.0. The summed E-state index contributed by atoms with van der Waals surface area (Å²) in [5, 5.41) is 18.0. The van der Waals surface area contributed by atoms with Crippen LogP contribution in [0.1, 0.15) is 44.9 Å². The Kier molecular flexibility index (Phi) is 7.05. The number of hydrogen-bond donors (Lipinski definition) is 2. The van der Waals surface area contributed by atoms with Gasteiger partial charge in [0.05, 0.1) is 18.6 Å². The molecule has 3 fully saturated rings. The van der Waals surface area contributed by atoms with E-state index in [1.807, 2.05) is 29.3 Å². The highest BCUT2D eigenvalue weighted by Crippen LogP contribution is 2.54. The van der Waals surface area contributed by atoms with Gasteiger partial charge in [-0.3, -0.25) is 0 Å². The van der Waals surface area contributed by atoms with Crippen molar-refractivity contribution in [2.45, 2.75) is 44.9 Å². The molecule has 1 saturated carbocycles. The number of halogens is 1. The van der Waals surface area contributed by atoms with Crippen LogP contribution in [0.4, 0.5) is 21.6 Å². The van der Waals surface area contributed by atoms with Crippen LogP contribution in [0.25, 0.3) is 17.1 Å². The van der Waals surface area contributed by atoms with Crippen LogP contribution in [0.3, 0.4) is 0 Å². The molecular formula is C27H34FN7O2S. The molecule has 1 aliphatic carbocycles. The highest BCUT2D eigenvalue weighted by Gasteiger charge is 2.44. The first kappa shape index (κ1) is 25.2. The summed E-state index contributed by atoms with van der Waals surface area (Å²) >= 11 is 0. The van der Waals surface area contributed by atoms with Crippen molar-refractivity contribution in [3.63, 3.8) is 0 Å². The average molecular weight is 540 g/mol. The fraction of sp³-hybridized carbons (Fsp3) is 0.519. The average Bonchev–Trinajstić information content (AvgIpc) is 3.50. The minimum Gasteiger partial charge on any atom is -0.395 e. The van der Waals surface area contributed by atoms with Crippen LogP contribution >= 0.6 is 0 Å². The first-order valence-corrected chi connectivity index (χ1v) is 14.8. The molecule has 2 aliphatic heterocycles. The summed E-state index contributed by atoms with van der Waals surface area (Å²) in [6.07, 6.45) is 10.1. The lowest BCUT2D eigenvalue weighted by Gasteiger charge is -2.35. The zero-order chi connectivity index (χ0) is 26.1. The maximum atomic E-state index is 14.6. The molecule has 1 spiro atoms. The molecule has 3 aliphatic rings. The molecule has 1 aromatic carbocycles. The van der Waals surface area contributed by atoms with E-state index < -0.39 is 11.0 Å². The highest BCUT2D eigenvalue weighted by molar-refractivity contribution is 7.86. The summed E-state index contributed by atoms with van der Waals surface area (Å²) < 4.78 is 31.5. The maximum absolute atomic E-state index is 14.6. The molecule has 202 valence electrons. The summed E-state index contributed by atoms with van der Waals surface area (Å²) in [7, 11) is -1.36. The Balaban J connectivity index is 1.30. The summed E-state index contributed by atoms with van der Waals surface area (Å²) in [6, 6.07) is 8.95. The van der Waals surface area contributed by atoms with Gasteiger partial charge in [-0.25, -0.2) is 18.3 Å². The van der Waals surface area contributed by atoms with Crippen LogP contribution in [0, 0.1) is 11.2 Å². The number of benzene rings is 1. The number of aliphatic hydroxyl groups excluding tert-OH is 1. The molecule has 4 heterocycles.